The van der Waals surface area contributed by atoms with Gasteiger partial charge in [0.25, 0.3) is 0 Å². The molecule has 0 bridgehead atoms. The third-order valence-corrected chi connectivity index (χ3v) is 6.07. The third-order valence-electron chi connectivity index (χ3n) is 6.07. The second-order valence-electron chi connectivity index (χ2n) is 7.99. The molecule has 1 aromatic carbocycles. The first kappa shape index (κ1) is 21.0. The maximum absolute atomic E-state index is 14.9. The smallest absolute Gasteiger partial charge is 0.409 e. The van der Waals surface area contributed by atoms with E-state index in [1.807, 2.05) is 0 Å². The molecule has 0 saturated carbocycles. The van der Waals surface area contributed by atoms with Crippen LogP contribution in [-0.2, 0) is 11.3 Å². The number of hydrogen-bond acceptors (Lipinski definition) is 6. The molecule has 33 heavy (non-hydrogen) atoms. The van der Waals surface area contributed by atoms with Gasteiger partial charge in [-0.3, -0.25) is 4.98 Å². The SMILES string of the molecule is COC(=O)N1CCC(c2cnc(Cn3ccc4cc(-n5cnnn5)cc(F)c43)c(F)c2)CC1. The molecule has 0 spiro atoms. The number of benzene rings is 1. The average molecular weight is 453 g/mol. The summed E-state index contributed by atoms with van der Waals surface area (Å²) in [6, 6.07) is 6.36. The van der Waals surface area contributed by atoms with Crippen molar-refractivity contribution in [2.45, 2.75) is 25.3 Å². The molecule has 4 aromatic rings. The lowest BCUT2D eigenvalue weighted by Gasteiger charge is -2.31. The van der Waals surface area contributed by atoms with Gasteiger partial charge in [0, 0.05) is 36.9 Å². The van der Waals surface area contributed by atoms with Crippen LogP contribution in [0.5, 0.6) is 0 Å². The van der Waals surface area contributed by atoms with Crippen LogP contribution in [0.1, 0.15) is 30.0 Å². The first-order valence-corrected chi connectivity index (χ1v) is 10.5. The Morgan fingerprint density at radius 3 is 2.70 bits per heavy atom. The number of likely N-dealkylation sites (tertiary alicyclic amines) is 1. The molecule has 0 atom stereocenters. The highest BCUT2D eigenvalue weighted by Crippen LogP contribution is 2.29. The molecule has 0 aliphatic carbocycles. The van der Waals surface area contributed by atoms with Gasteiger partial charge in [-0.15, -0.1) is 5.10 Å². The number of fused-ring (bicyclic) bond motifs is 1. The second-order valence-corrected chi connectivity index (χ2v) is 7.99. The first-order valence-electron chi connectivity index (χ1n) is 10.5. The predicted molar refractivity (Wildman–Crippen MR) is 114 cm³/mol. The molecular weight excluding hydrogens is 432 g/mol. The van der Waals surface area contributed by atoms with Crippen LogP contribution in [0.25, 0.3) is 16.6 Å². The van der Waals surface area contributed by atoms with Crippen LogP contribution in [0.4, 0.5) is 13.6 Å². The molecule has 3 aromatic heterocycles. The first-order chi connectivity index (χ1) is 16.0. The summed E-state index contributed by atoms with van der Waals surface area (Å²) in [5.41, 5.74) is 1.88. The number of aromatic nitrogens is 6. The number of pyridine rings is 1. The van der Waals surface area contributed by atoms with Crippen molar-refractivity contribution >= 4 is 17.0 Å². The molecule has 0 N–H and O–H groups in total. The van der Waals surface area contributed by atoms with E-state index in [1.165, 1.54) is 30.3 Å². The summed E-state index contributed by atoms with van der Waals surface area (Å²) in [5, 5.41) is 11.6. The van der Waals surface area contributed by atoms with Crippen molar-refractivity contribution in [1.29, 1.82) is 0 Å². The van der Waals surface area contributed by atoms with Gasteiger partial charge in [-0.25, -0.2) is 18.3 Å². The van der Waals surface area contributed by atoms with Crippen molar-refractivity contribution in [3.8, 4) is 5.69 Å². The number of ether oxygens (including phenoxy) is 1. The van der Waals surface area contributed by atoms with Crippen LogP contribution in [0.2, 0.25) is 0 Å². The molecule has 5 rings (SSSR count). The van der Waals surface area contributed by atoms with E-state index in [9.17, 15) is 13.6 Å². The summed E-state index contributed by atoms with van der Waals surface area (Å²) in [6.07, 6.45) is 5.85. The van der Waals surface area contributed by atoms with Crippen LogP contribution in [0.15, 0.2) is 43.0 Å². The Morgan fingerprint density at radius 1 is 1.18 bits per heavy atom. The highest BCUT2D eigenvalue weighted by molar-refractivity contribution is 5.83. The van der Waals surface area contributed by atoms with Gasteiger partial charge in [0.15, 0.2) is 0 Å². The minimum atomic E-state index is -0.461. The molecule has 4 heterocycles. The van der Waals surface area contributed by atoms with E-state index in [1.54, 1.807) is 34.0 Å². The van der Waals surface area contributed by atoms with Gasteiger partial charge in [0.1, 0.15) is 18.0 Å². The van der Waals surface area contributed by atoms with Gasteiger partial charge in [-0.1, -0.05) is 0 Å². The maximum Gasteiger partial charge on any atom is 0.409 e. The number of carbonyl (C=O) groups excluding carboxylic acids is 1. The fraction of sp³-hybridized carbons (Fsp3) is 0.318. The Morgan fingerprint density at radius 2 is 2.00 bits per heavy atom. The molecule has 170 valence electrons. The summed E-state index contributed by atoms with van der Waals surface area (Å²) >= 11 is 0. The summed E-state index contributed by atoms with van der Waals surface area (Å²) < 4.78 is 37.6. The van der Waals surface area contributed by atoms with E-state index in [4.69, 9.17) is 4.74 Å². The highest BCUT2D eigenvalue weighted by Gasteiger charge is 2.25. The maximum atomic E-state index is 14.9. The lowest BCUT2D eigenvalue weighted by atomic mass is 9.90. The van der Waals surface area contributed by atoms with Gasteiger partial charge < -0.3 is 14.2 Å². The quantitative estimate of drug-likeness (QED) is 0.471. The third kappa shape index (κ3) is 4.01. The monoisotopic (exact) mass is 453 g/mol. The van der Waals surface area contributed by atoms with Crippen molar-refractivity contribution in [3.63, 3.8) is 0 Å². The number of carbonyl (C=O) groups is 1. The zero-order valence-electron chi connectivity index (χ0n) is 17.9. The second kappa shape index (κ2) is 8.57. The molecule has 1 aliphatic rings. The minimum absolute atomic E-state index is 0.0948. The van der Waals surface area contributed by atoms with E-state index in [0.29, 0.717) is 42.5 Å². The Labute approximate surface area is 187 Å². The van der Waals surface area contributed by atoms with E-state index < -0.39 is 11.6 Å². The van der Waals surface area contributed by atoms with E-state index in [-0.39, 0.29) is 24.2 Å². The normalized spacial score (nSPS) is 14.7. The van der Waals surface area contributed by atoms with E-state index in [0.717, 1.165) is 5.56 Å². The van der Waals surface area contributed by atoms with Crippen LogP contribution in [0, 0.1) is 11.6 Å². The van der Waals surface area contributed by atoms with Crippen LogP contribution < -0.4 is 0 Å². The summed E-state index contributed by atoms with van der Waals surface area (Å²) in [4.78, 5) is 17.6. The Kier molecular flexibility index (Phi) is 5.45. The lowest BCUT2D eigenvalue weighted by molar-refractivity contribution is 0.112. The average Bonchev–Trinajstić information content (AvgIpc) is 3.51. The van der Waals surface area contributed by atoms with Gasteiger partial charge in [-0.05, 0) is 52.9 Å². The van der Waals surface area contributed by atoms with E-state index in [2.05, 4.69) is 20.5 Å². The zero-order valence-corrected chi connectivity index (χ0v) is 17.9. The molecule has 11 heteroatoms. The molecule has 1 saturated heterocycles. The van der Waals surface area contributed by atoms with Crippen molar-refractivity contribution < 1.29 is 18.3 Å². The number of piperidine rings is 1. The number of halogens is 2. The largest absolute Gasteiger partial charge is 0.453 e. The number of hydrogen-bond donors (Lipinski definition) is 0. The fourth-order valence-corrected chi connectivity index (χ4v) is 4.33. The summed E-state index contributed by atoms with van der Waals surface area (Å²) in [6.45, 7) is 1.21. The highest BCUT2D eigenvalue weighted by atomic mass is 19.1. The standard InChI is InChI=1S/C22H21F2N7O2/c1-33-22(32)29-5-2-14(3-6-29)16-9-18(23)20(25-11-16)12-30-7-4-15-8-17(10-19(24)21(15)30)31-13-26-27-28-31/h4,7-11,13-14H,2-3,5-6,12H2,1H3. The zero-order chi connectivity index (χ0) is 22.9. The Bertz CT molecular complexity index is 1300. The van der Waals surface area contributed by atoms with Gasteiger partial charge >= 0.3 is 6.09 Å². The van der Waals surface area contributed by atoms with Crippen molar-refractivity contribution in [2.24, 2.45) is 0 Å². The molecule has 1 amide bonds. The van der Waals surface area contributed by atoms with Crippen LogP contribution in [0.3, 0.4) is 0 Å². The van der Waals surface area contributed by atoms with Crippen LogP contribution in [-0.4, -0.2) is 61.0 Å². The molecule has 1 aliphatic heterocycles. The lowest BCUT2D eigenvalue weighted by Crippen LogP contribution is -2.37. The predicted octanol–water partition coefficient (Wildman–Crippen LogP) is 3.28. The molecule has 9 nitrogen and oxygen atoms in total. The number of nitrogens with zero attached hydrogens (tertiary/aromatic N) is 7. The van der Waals surface area contributed by atoms with Gasteiger partial charge in [0.05, 0.1) is 30.6 Å². The summed E-state index contributed by atoms with van der Waals surface area (Å²) in [5.74, 6) is -0.774. The minimum Gasteiger partial charge on any atom is -0.453 e. The van der Waals surface area contributed by atoms with Crippen molar-refractivity contribution in [1.82, 2.24) is 34.7 Å². The van der Waals surface area contributed by atoms with Crippen molar-refractivity contribution in [3.05, 3.63) is 65.9 Å². The van der Waals surface area contributed by atoms with Crippen LogP contribution >= 0.6 is 0 Å². The molecule has 1 fully saturated rings. The molecular formula is C22H21F2N7O2. The topological polar surface area (TPSA) is 91.0 Å². The van der Waals surface area contributed by atoms with E-state index >= 15 is 0 Å². The fourth-order valence-electron chi connectivity index (χ4n) is 4.33. The summed E-state index contributed by atoms with van der Waals surface area (Å²) in [7, 11) is 1.36. The number of amides is 1. The number of methoxy groups -OCH3 is 1. The molecule has 0 unspecified atom stereocenters. The van der Waals surface area contributed by atoms with Crippen molar-refractivity contribution in [2.75, 3.05) is 20.2 Å². The number of tetrazole rings is 1. The van der Waals surface area contributed by atoms with Gasteiger partial charge in [-0.2, -0.15) is 0 Å². The Hall–Kier alpha value is -3.89. The molecule has 0 radical (unpaired) electrons. The number of rotatable bonds is 4. The van der Waals surface area contributed by atoms with Gasteiger partial charge in [0.2, 0.25) is 0 Å². The Balaban J connectivity index is 1.34.